The summed E-state index contributed by atoms with van der Waals surface area (Å²) < 4.78 is 32.1. The Labute approximate surface area is 102 Å². The van der Waals surface area contributed by atoms with Gasteiger partial charge in [0, 0.05) is 6.61 Å². The quantitative estimate of drug-likeness (QED) is 0.433. The van der Waals surface area contributed by atoms with E-state index in [1.165, 1.54) is 12.1 Å². The number of benzene rings is 1. The van der Waals surface area contributed by atoms with Crippen LogP contribution in [0.2, 0.25) is 0 Å². The summed E-state index contributed by atoms with van der Waals surface area (Å²) >= 11 is 3.00. The van der Waals surface area contributed by atoms with E-state index in [9.17, 15) is 8.78 Å². The topological polar surface area (TPSA) is 9.23 Å². The molecule has 0 aliphatic rings. The molecule has 16 heavy (non-hydrogen) atoms. The molecule has 1 aromatic carbocycles. The summed E-state index contributed by atoms with van der Waals surface area (Å²) in [4.78, 5) is 0. The Morgan fingerprint density at radius 2 is 2.12 bits per heavy atom. The van der Waals surface area contributed by atoms with Crippen LogP contribution in [0.1, 0.15) is 18.4 Å². The molecule has 0 aliphatic heterocycles. The maximum Gasteiger partial charge on any atom is 0.145 e. The van der Waals surface area contributed by atoms with Crippen LogP contribution in [-0.4, -0.2) is 6.61 Å². The number of allylic oxidation sites excluding steroid dienone is 1. The summed E-state index contributed by atoms with van der Waals surface area (Å²) in [6, 6.07) is 2.56. The molecule has 1 rings (SSSR count). The molecule has 0 saturated carbocycles. The van der Waals surface area contributed by atoms with Gasteiger partial charge in [-0.1, -0.05) is 6.08 Å². The highest BCUT2D eigenvalue weighted by Gasteiger charge is 2.11. The molecule has 0 radical (unpaired) electrons. The molecule has 0 fully saturated rings. The van der Waals surface area contributed by atoms with Crippen molar-refractivity contribution in [2.45, 2.75) is 19.4 Å². The van der Waals surface area contributed by atoms with Gasteiger partial charge < -0.3 is 4.74 Å². The van der Waals surface area contributed by atoms with Crippen molar-refractivity contribution in [3.63, 3.8) is 0 Å². The van der Waals surface area contributed by atoms with Crippen molar-refractivity contribution < 1.29 is 13.5 Å². The fraction of sp³-hybridized carbons (Fsp3) is 0.333. The third-order valence-corrected chi connectivity index (χ3v) is 2.69. The van der Waals surface area contributed by atoms with Gasteiger partial charge in [0.25, 0.3) is 0 Å². The second kappa shape index (κ2) is 6.76. The number of unbranched alkanes of at least 4 members (excludes halogenated alkanes) is 1. The average Bonchev–Trinajstić information content (AvgIpc) is 2.28. The van der Waals surface area contributed by atoms with E-state index < -0.39 is 11.6 Å². The molecule has 0 atom stereocenters. The van der Waals surface area contributed by atoms with Crippen molar-refractivity contribution in [3.8, 4) is 0 Å². The smallest absolute Gasteiger partial charge is 0.145 e. The first-order valence-corrected chi connectivity index (χ1v) is 5.77. The van der Waals surface area contributed by atoms with Gasteiger partial charge in [0.05, 0.1) is 16.6 Å². The second-order valence-electron chi connectivity index (χ2n) is 3.31. The Hall–Kier alpha value is -0.740. The Balaban J connectivity index is 2.53. The summed E-state index contributed by atoms with van der Waals surface area (Å²) in [5.74, 6) is -1.17. The van der Waals surface area contributed by atoms with Crippen LogP contribution in [0.15, 0.2) is 29.3 Å². The summed E-state index contributed by atoms with van der Waals surface area (Å²) in [6.07, 6.45) is 3.42. The number of ether oxygens (including phenoxy) is 1. The Morgan fingerprint density at radius 3 is 2.81 bits per heavy atom. The molecule has 1 aromatic rings. The SMILES string of the molecule is C=CCCCOCc1c(F)ccc(Br)c1F. The average molecular weight is 291 g/mol. The first-order valence-electron chi connectivity index (χ1n) is 4.98. The molecular formula is C12H13BrF2O. The molecule has 88 valence electrons. The lowest BCUT2D eigenvalue weighted by Gasteiger charge is -2.07. The van der Waals surface area contributed by atoms with Crippen LogP contribution in [0.3, 0.4) is 0 Å². The minimum atomic E-state index is -0.594. The lowest BCUT2D eigenvalue weighted by atomic mass is 10.2. The summed E-state index contributed by atoms with van der Waals surface area (Å²) in [5.41, 5.74) is -0.0343. The van der Waals surface area contributed by atoms with Gasteiger partial charge in [-0.2, -0.15) is 0 Å². The highest BCUT2D eigenvalue weighted by molar-refractivity contribution is 9.10. The van der Waals surface area contributed by atoms with Crippen molar-refractivity contribution in [1.29, 1.82) is 0 Å². The molecule has 0 unspecified atom stereocenters. The molecular weight excluding hydrogens is 278 g/mol. The molecule has 4 heteroatoms. The molecule has 0 aromatic heterocycles. The van der Waals surface area contributed by atoms with Crippen LogP contribution in [0, 0.1) is 11.6 Å². The third kappa shape index (κ3) is 3.68. The second-order valence-corrected chi connectivity index (χ2v) is 4.16. The molecule has 0 saturated heterocycles. The van der Waals surface area contributed by atoms with Crippen molar-refractivity contribution in [1.82, 2.24) is 0 Å². The van der Waals surface area contributed by atoms with Gasteiger partial charge in [-0.25, -0.2) is 8.78 Å². The third-order valence-electron chi connectivity index (χ3n) is 2.08. The van der Waals surface area contributed by atoms with Crippen LogP contribution in [-0.2, 0) is 11.3 Å². The van der Waals surface area contributed by atoms with Crippen LogP contribution >= 0.6 is 15.9 Å². The fourth-order valence-electron chi connectivity index (χ4n) is 1.21. The molecule has 1 nitrogen and oxygen atoms in total. The normalized spacial score (nSPS) is 10.4. The van der Waals surface area contributed by atoms with E-state index in [1.807, 2.05) is 0 Å². The molecule has 0 bridgehead atoms. The van der Waals surface area contributed by atoms with Gasteiger partial charge in [-0.3, -0.25) is 0 Å². The zero-order valence-corrected chi connectivity index (χ0v) is 10.4. The van der Waals surface area contributed by atoms with E-state index in [4.69, 9.17) is 4.74 Å². The van der Waals surface area contributed by atoms with Gasteiger partial charge in [0.1, 0.15) is 11.6 Å². The molecule has 0 N–H and O–H groups in total. The Bertz CT molecular complexity index is 366. The van der Waals surface area contributed by atoms with E-state index in [0.29, 0.717) is 6.61 Å². The van der Waals surface area contributed by atoms with Crippen LogP contribution < -0.4 is 0 Å². The molecule has 0 heterocycles. The Morgan fingerprint density at radius 1 is 1.38 bits per heavy atom. The van der Waals surface area contributed by atoms with Crippen LogP contribution in [0.5, 0.6) is 0 Å². The summed E-state index contributed by atoms with van der Waals surface area (Å²) in [5, 5.41) is 0. The summed E-state index contributed by atoms with van der Waals surface area (Å²) in [7, 11) is 0. The standard InChI is InChI=1S/C12H13BrF2O/c1-2-3-4-7-16-8-9-11(14)6-5-10(13)12(9)15/h2,5-6H,1,3-4,7-8H2. The van der Waals surface area contributed by atoms with Crippen molar-refractivity contribution in [3.05, 3.63) is 46.5 Å². The van der Waals surface area contributed by atoms with Gasteiger partial charge in [0.2, 0.25) is 0 Å². The van der Waals surface area contributed by atoms with Crippen LogP contribution in [0.4, 0.5) is 8.78 Å². The van der Waals surface area contributed by atoms with Crippen LogP contribution in [0.25, 0.3) is 0 Å². The maximum atomic E-state index is 13.5. The minimum absolute atomic E-state index is 0.0343. The van der Waals surface area contributed by atoms with E-state index in [-0.39, 0.29) is 16.6 Å². The predicted molar refractivity (Wildman–Crippen MR) is 63.1 cm³/mol. The highest BCUT2D eigenvalue weighted by Crippen LogP contribution is 2.22. The van der Waals surface area contributed by atoms with E-state index >= 15 is 0 Å². The predicted octanol–water partition coefficient (Wildman–Crippen LogP) is 4.21. The van der Waals surface area contributed by atoms with Gasteiger partial charge in [-0.15, -0.1) is 6.58 Å². The Kier molecular flexibility index (Phi) is 5.63. The van der Waals surface area contributed by atoms with Gasteiger partial charge in [0.15, 0.2) is 0 Å². The zero-order chi connectivity index (χ0) is 12.0. The van der Waals surface area contributed by atoms with Crippen molar-refractivity contribution >= 4 is 15.9 Å². The monoisotopic (exact) mass is 290 g/mol. The maximum absolute atomic E-state index is 13.5. The first kappa shape index (κ1) is 13.3. The number of hydrogen-bond acceptors (Lipinski definition) is 1. The zero-order valence-electron chi connectivity index (χ0n) is 8.81. The van der Waals surface area contributed by atoms with Gasteiger partial charge >= 0.3 is 0 Å². The lowest BCUT2D eigenvalue weighted by Crippen LogP contribution is -2.01. The largest absolute Gasteiger partial charge is 0.377 e. The van der Waals surface area contributed by atoms with E-state index in [1.54, 1.807) is 6.08 Å². The first-order chi connectivity index (χ1) is 7.66. The fourth-order valence-corrected chi connectivity index (χ4v) is 1.58. The van der Waals surface area contributed by atoms with E-state index in [0.717, 1.165) is 12.8 Å². The minimum Gasteiger partial charge on any atom is -0.377 e. The number of hydrogen-bond donors (Lipinski definition) is 0. The lowest BCUT2D eigenvalue weighted by molar-refractivity contribution is 0.114. The highest BCUT2D eigenvalue weighted by atomic mass is 79.9. The molecule has 0 spiro atoms. The van der Waals surface area contributed by atoms with E-state index in [2.05, 4.69) is 22.5 Å². The molecule has 0 amide bonds. The number of halogens is 3. The van der Waals surface area contributed by atoms with Crippen molar-refractivity contribution in [2.24, 2.45) is 0 Å². The molecule has 0 aliphatic carbocycles. The van der Waals surface area contributed by atoms with Crippen molar-refractivity contribution in [2.75, 3.05) is 6.61 Å². The van der Waals surface area contributed by atoms with Gasteiger partial charge in [-0.05, 0) is 40.9 Å². The number of rotatable bonds is 6. The summed E-state index contributed by atoms with van der Waals surface area (Å²) in [6.45, 7) is 4.00.